The summed E-state index contributed by atoms with van der Waals surface area (Å²) < 4.78 is 42.7. The summed E-state index contributed by atoms with van der Waals surface area (Å²) >= 11 is 1.42. The number of hydrogen-bond donors (Lipinski definition) is 2. The highest BCUT2D eigenvalue weighted by atomic mass is 32.2. The number of aromatic nitrogens is 1. The lowest BCUT2D eigenvalue weighted by Gasteiger charge is -1.98. The van der Waals surface area contributed by atoms with E-state index in [-0.39, 0.29) is 18.0 Å². The number of halogens is 1. The van der Waals surface area contributed by atoms with Gasteiger partial charge in [0.2, 0.25) is 0 Å². The molecule has 19 heavy (non-hydrogen) atoms. The minimum atomic E-state index is -3.94. The molecule has 0 aliphatic heterocycles. The second-order valence-electron chi connectivity index (χ2n) is 3.96. The van der Waals surface area contributed by atoms with Crippen LogP contribution >= 0.6 is 11.8 Å². The number of aryl methyl sites for hydroxylation is 1. The molecule has 0 radical (unpaired) electrons. The molecule has 0 saturated carbocycles. The summed E-state index contributed by atoms with van der Waals surface area (Å²) in [5.41, 5.74) is 0.794. The maximum absolute atomic E-state index is 12.7. The van der Waals surface area contributed by atoms with Gasteiger partial charge in [-0.1, -0.05) is 11.8 Å². The molecule has 0 saturated heterocycles. The molecule has 0 atom stereocenters. The SMILES string of the molecule is O=S(=O)(O)CCc1c[nH]c(Sc2ccc(F)cc2)c1. The fourth-order valence-corrected chi connectivity index (χ4v) is 2.84. The normalized spacial score (nSPS) is 11.7. The second kappa shape index (κ2) is 5.77. The van der Waals surface area contributed by atoms with Crippen LogP contribution in [0.15, 0.2) is 46.5 Å². The van der Waals surface area contributed by atoms with Crippen molar-refractivity contribution >= 4 is 21.9 Å². The van der Waals surface area contributed by atoms with Gasteiger partial charge >= 0.3 is 0 Å². The van der Waals surface area contributed by atoms with Gasteiger partial charge < -0.3 is 4.98 Å². The van der Waals surface area contributed by atoms with Crippen molar-refractivity contribution < 1.29 is 17.4 Å². The lowest BCUT2D eigenvalue weighted by Crippen LogP contribution is -2.05. The first-order valence-electron chi connectivity index (χ1n) is 5.48. The van der Waals surface area contributed by atoms with Crippen LogP contribution in [0.2, 0.25) is 0 Å². The molecule has 1 heterocycles. The van der Waals surface area contributed by atoms with Crippen LogP contribution in [0, 0.1) is 5.82 Å². The minimum Gasteiger partial charge on any atom is -0.356 e. The van der Waals surface area contributed by atoms with Crippen LogP contribution in [0.5, 0.6) is 0 Å². The largest absolute Gasteiger partial charge is 0.356 e. The molecule has 7 heteroatoms. The van der Waals surface area contributed by atoms with Gasteiger partial charge in [-0.15, -0.1) is 0 Å². The number of nitrogens with one attached hydrogen (secondary N) is 1. The smallest absolute Gasteiger partial charge is 0.265 e. The van der Waals surface area contributed by atoms with E-state index in [1.54, 1.807) is 24.4 Å². The van der Waals surface area contributed by atoms with Gasteiger partial charge in [0.1, 0.15) is 5.82 Å². The van der Waals surface area contributed by atoms with E-state index in [1.165, 1.54) is 23.9 Å². The number of rotatable bonds is 5. The maximum atomic E-state index is 12.7. The van der Waals surface area contributed by atoms with Gasteiger partial charge in [0.25, 0.3) is 10.1 Å². The second-order valence-corrected chi connectivity index (χ2v) is 6.65. The van der Waals surface area contributed by atoms with Crippen molar-refractivity contribution in [2.24, 2.45) is 0 Å². The quantitative estimate of drug-likeness (QED) is 0.833. The Bertz CT molecular complexity index is 650. The minimum absolute atomic E-state index is 0.249. The first kappa shape index (κ1) is 14.1. The Balaban J connectivity index is 1.99. The van der Waals surface area contributed by atoms with Crippen LogP contribution in [0.3, 0.4) is 0 Å². The number of hydrogen-bond acceptors (Lipinski definition) is 3. The highest BCUT2D eigenvalue weighted by molar-refractivity contribution is 7.99. The lowest BCUT2D eigenvalue weighted by atomic mass is 10.3. The summed E-state index contributed by atoms with van der Waals surface area (Å²) in [4.78, 5) is 3.88. The molecule has 0 amide bonds. The van der Waals surface area contributed by atoms with E-state index in [9.17, 15) is 12.8 Å². The fraction of sp³-hybridized carbons (Fsp3) is 0.167. The average Bonchev–Trinajstić information content (AvgIpc) is 2.77. The Morgan fingerprint density at radius 3 is 2.58 bits per heavy atom. The summed E-state index contributed by atoms with van der Waals surface area (Å²) in [6.07, 6.45) is 1.94. The summed E-state index contributed by atoms with van der Waals surface area (Å²) in [6, 6.07) is 7.89. The van der Waals surface area contributed by atoms with Crippen LogP contribution in [-0.2, 0) is 16.5 Å². The average molecular weight is 301 g/mol. The molecule has 0 unspecified atom stereocenters. The molecule has 1 aromatic carbocycles. The van der Waals surface area contributed by atoms with Crippen LogP contribution in [0.25, 0.3) is 0 Å². The first-order valence-corrected chi connectivity index (χ1v) is 7.91. The molecule has 1 aromatic heterocycles. The van der Waals surface area contributed by atoms with Gasteiger partial charge in [-0.2, -0.15) is 8.42 Å². The molecular weight excluding hydrogens is 289 g/mol. The van der Waals surface area contributed by atoms with Crippen LogP contribution < -0.4 is 0 Å². The van der Waals surface area contributed by atoms with Crippen LogP contribution in [-0.4, -0.2) is 23.7 Å². The standard InChI is InChI=1S/C12H12FNO3S2/c13-10-1-3-11(4-2-10)18-12-7-9(8-14-12)5-6-19(15,16)17/h1-4,7-8,14H,5-6H2,(H,15,16,17). The molecule has 2 N–H and O–H groups in total. The van der Waals surface area contributed by atoms with Crippen molar-refractivity contribution in [3.05, 3.63) is 47.9 Å². The molecule has 0 aliphatic carbocycles. The van der Waals surface area contributed by atoms with Crippen LogP contribution in [0.1, 0.15) is 5.56 Å². The Morgan fingerprint density at radius 2 is 1.95 bits per heavy atom. The highest BCUT2D eigenvalue weighted by Crippen LogP contribution is 2.27. The third kappa shape index (κ3) is 4.70. The van der Waals surface area contributed by atoms with E-state index in [1.807, 2.05) is 0 Å². The van der Waals surface area contributed by atoms with E-state index in [4.69, 9.17) is 4.55 Å². The molecule has 0 bridgehead atoms. The van der Waals surface area contributed by atoms with Crippen molar-refractivity contribution in [1.82, 2.24) is 4.98 Å². The monoisotopic (exact) mass is 301 g/mol. The van der Waals surface area contributed by atoms with Crippen molar-refractivity contribution in [3.63, 3.8) is 0 Å². The van der Waals surface area contributed by atoms with Crippen molar-refractivity contribution in [1.29, 1.82) is 0 Å². The summed E-state index contributed by atoms with van der Waals surface area (Å²) in [6.45, 7) is 0. The van der Waals surface area contributed by atoms with Crippen molar-refractivity contribution in [2.75, 3.05) is 5.75 Å². The molecule has 2 rings (SSSR count). The molecular formula is C12H12FNO3S2. The zero-order chi connectivity index (χ0) is 13.9. The Kier molecular flexibility index (Phi) is 4.28. The van der Waals surface area contributed by atoms with Crippen molar-refractivity contribution in [2.45, 2.75) is 16.3 Å². The number of benzene rings is 1. The van der Waals surface area contributed by atoms with E-state index >= 15 is 0 Å². The van der Waals surface area contributed by atoms with Gasteiger partial charge in [-0.25, -0.2) is 4.39 Å². The van der Waals surface area contributed by atoms with E-state index < -0.39 is 10.1 Å². The Labute approximate surface area is 114 Å². The lowest BCUT2D eigenvalue weighted by molar-refractivity contribution is 0.482. The van der Waals surface area contributed by atoms with E-state index in [0.29, 0.717) is 0 Å². The predicted molar refractivity (Wildman–Crippen MR) is 71.4 cm³/mol. The predicted octanol–water partition coefficient (Wildman–Crippen LogP) is 2.74. The molecule has 4 nitrogen and oxygen atoms in total. The van der Waals surface area contributed by atoms with Crippen LogP contribution in [0.4, 0.5) is 4.39 Å². The Morgan fingerprint density at radius 1 is 1.26 bits per heavy atom. The molecule has 2 aromatic rings. The van der Waals surface area contributed by atoms with E-state index in [0.717, 1.165) is 15.5 Å². The summed E-state index contributed by atoms with van der Waals surface area (Å²) in [5.74, 6) is -0.587. The topological polar surface area (TPSA) is 70.2 Å². The molecule has 0 aliphatic rings. The third-order valence-electron chi connectivity index (χ3n) is 2.41. The molecule has 0 fully saturated rings. The summed E-state index contributed by atoms with van der Waals surface area (Å²) in [5, 5.41) is 0.831. The van der Waals surface area contributed by atoms with Gasteiger partial charge in [0, 0.05) is 11.1 Å². The first-order chi connectivity index (χ1) is 8.92. The Hall–Kier alpha value is -1.31. The third-order valence-corrected chi connectivity index (χ3v) is 4.09. The van der Waals surface area contributed by atoms with Gasteiger partial charge in [-0.3, -0.25) is 4.55 Å². The fourth-order valence-electron chi connectivity index (χ4n) is 1.50. The van der Waals surface area contributed by atoms with Gasteiger partial charge in [-0.05, 0) is 42.3 Å². The van der Waals surface area contributed by atoms with Crippen molar-refractivity contribution in [3.8, 4) is 0 Å². The number of aromatic amines is 1. The van der Waals surface area contributed by atoms with E-state index in [2.05, 4.69) is 4.98 Å². The van der Waals surface area contributed by atoms with Gasteiger partial charge in [0.05, 0.1) is 10.8 Å². The zero-order valence-electron chi connectivity index (χ0n) is 9.84. The highest BCUT2D eigenvalue weighted by Gasteiger charge is 2.07. The molecule has 102 valence electrons. The molecule has 0 spiro atoms. The maximum Gasteiger partial charge on any atom is 0.265 e. The summed E-state index contributed by atoms with van der Waals surface area (Å²) in [7, 11) is -3.94. The van der Waals surface area contributed by atoms with Gasteiger partial charge in [0.15, 0.2) is 0 Å². The zero-order valence-corrected chi connectivity index (χ0v) is 11.5. The number of H-pyrrole nitrogens is 1.